The molecule has 0 amide bonds. The molecule has 0 aliphatic heterocycles. The van der Waals surface area contributed by atoms with Gasteiger partial charge in [-0.1, -0.05) is 24.3 Å². The van der Waals surface area contributed by atoms with Crippen LogP contribution in [0.5, 0.6) is 0 Å². The molecule has 0 fully saturated rings. The molecular weight excluding hydrogens is 162 g/mol. The van der Waals surface area contributed by atoms with Crippen LogP contribution in [0.1, 0.15) is 5.69 Å². The van der Waals surface area contributed by atoms with Gasteiger partial charge in [0.05, 0.1) is 11.2 Å². The third kappa shape index (κ3) is 1.46. The SMILES string of the molecule is NCC=Cc1[nH]nc2ccccc12. The first-order valence-electron chi connectivity index (χ1n) is 4.21. The van der Waals surface area contributed by atoms with Crippen molar-refractivity contribution in [2.24, 2.45) is 5.73 Å². The van der Waals surface area contributed by atoms with E-state index in [9.17, 15) is 0 Å². The minimum atomic E-state index is 0.549. The fourth-order valence-electron chi connectivity index (χ4n) is 1.29. The van der Waals surface area contributed by atoms with Crippen molar-refractivity contribution in [1.29, 1.82) is 0 Å². The predicted octanol–water partition coefficient (Wildman–Crippen LogP) is 1.53. The Kier molecular flexibility index (Phi) is 2.10. The molecule has 13 heavy (non-hydrogen) atoms. The Morgan fingerprint density at radius 1 is 1.38 bits per heavy atom. The van der Waals surface area contributed by atoms with E-state index in [0.717, 1.165) is 16.6 Å². The van der Waals surface area contributed by atoms with E-state index in [0.29, 0.717) is 6.54 Å². The lowest BCUT2D eigenvalue weighted by Crippen LogP contribution is -1.91. The Bertz CT molecular complexity index is 428. The first-order chi connectivity index (χ1) is 6.42. The van der Waals surface area contributed by atoms with Gasteiger partial charge in [-0.05, 0) is 12.1 Å². The molecule has 0 aliphatic carbocycles. The molecule has 0 spiro atoms. The van der Waals surface area contributed by atoms with Crippen LogP contribution in [0.4, 0.5) is 0 Å². The van der Waals surface area contributed by atoms with Gasteiger partial charge in [-0.15, -0.1) is 0 Å². The van der Waals surface area contributed by atoms with E-state index in [-0.39, 0.29) is 0 Å². The monoisotopic (exact) mass is 173 g/mol. The number of benzene rings is 1. The molecule has 0 atom stereocenters. The van der Waals surface area contributed by atoms with Crippen molar-refractivity contribution in [3.8, 4) is 0 Å². The van der Waals surface area contributed by atoms with Crippen molar-refractivity contribution in [3.63, 3.8) is 0 Å². The summed E-state index contributed by atoms with van der Waals surface area (Å²) in [5, 5.41) is 8.24. The van der Waals surface area contributed by atoms with Gasteiger partial charge in [0, 0.05) is 11.9 Å². The van der Waals surface area contributed by atoms with E-state index in [4.69, 9.17) is 5.73 Å². The molecule has 0 bridgehead atoms. The number of fused-ring (bicyclic) bond motifs is 1. The van der Waals surface area contributed by atoms with Crippen LogP contribution in [0, 0.1) is 0 Å². The van der Waals surface area contributed by atoms with Crippen LogP contribution >= 0.6 is 0 Å². The highest BCUT2D eigenvalue weighted by Crippen LogP contribution is 2.15. The van der Waals surface area contributed by atoms with E-state index in [1.165, 1.54) is 0 Å². The Morgan fingerprint density at radius 2 is 2.23 bits per heavy atom. The number of nitrogens with zero attached hydrogens (tertiary/aromatic N) is 1. The largest absolute Gasteiger partial charge is 0.327 e. The molecule has 1 aromatic heterocycles. The normalized spacial score (nSPS) is 11.5. The smallest absolute Gasteiger partial charge is 0.0927 e. The maximum atomic E-state index is 5.37. The molecule has 1 heterocycles. The molecule has 0 saturated heterocycles. The number of nitrogens with two attached hydrogens (primary N) is 1. The summed E-state index contributed by atoms with van der Waals surface area (Å²) in [6.07, 6.45) is 3.86. The molecule has 2 rings (SSSR count). The number of aromatic nitrogens is 2. The molecule has 1 aromatic carbocycles. The topological polar surface area (TPSA) is 54.7 Å². The highest BCUT2D eigenvalue weighted by molar-refractivity contribution is 5.86. The van der Waals surface area contributed by atoms with Crippen LogP contribution in [0.15, 0.2) is 30.3 Å². The summed E-state index contributed by atoms with van der Waals surface area (Å²) in [5.74, 6) is 0. The summed E-state index contributed by atoms with van der Waals surface area (Å²) in [5.41, 5.74) is 7.37. The molecule has 2 aromatic rings. The lowest BCUT2D eigenvalue weighted by molar-refractivity contribution is 1.10. The molecule has 0 saturated carbocycles. The first-order valence-corrected chi connectivity index (χ1v) is 4.21. The number of H-pyrrole nitrogens is 1. The van der Waals surface area contributed by atoms with E-state index < -0.39 is 0 Å². The lowest BCUT2D eigenvalue weighted by Gasteiger charge is -1.87. The summed E-state index contributed by atoms with van der Waals surface area (Å²) < 4.78 is 0. The molecule has 66 valence electrons. The Morgan fingerprint density at radius 3 is 3.08 bits per heavy atom. The quantitative estimate of drug-likeness (QED) is 0.723. The number of nitrogens with one attached hydrogen (secondary N) is 1. The summed E-state index contributed by atoms with van der Waals surface area (Å²) in [4.78, 5) is 0. The van der Waals surface area contributed by atoms with Gasteiger partial charge in [0.2, 0.25) is 0 Å². The molecular formula is C10H11N3. The van der Waals surface area contributed by atoms with Crippen molar-refractivity contribution in [1.82, 2.24) is 10.2 Å². The van der Waals surface area contributed by atoms with Crippen LogP contribution in [-0.4, -0.2) is 16.7 Å². The Hall–Kier alpha value is -1.61. The number of hydrogen-bond donors (Lipinski definition) is 2. The van der Waals surface area contributed by atoms with Crippen LogP contribution in [0.25, 0.3) is 17.0 Å². The maximum absolute atomic E-state index is 5.37. The fraction of sp³-hybridized carbons (Fsp3) is 0.100. The van der Waals surface area contributed by atoms with Gasteiger partial charge in [0.1, 0.15) is 0 Å². The highest BCUT2D eigenvalue weighted by atomic mass is 15.1. The summed E-state index contributed by atoms with van der Waals surface area (Å²) in [6.45, 7) is 0.549. The first kappa shape index (κ1) is 8.01. The van der Waals surface area contributed by atoms with Crippen molar-refractivity contribution in [2.75, 3.05) is 6.54 Å². The average Bonchev–Trinajstić information content (AvgIpc) is 2.58. The maximum Gasteiger partial charge on any atom is 0.0927 e. The van der Waals surface area contributed by atoms with Crippen LogP contribution in [-0.2, 0) is 0 Å². The van der Waals surface area contributed by atoms with Gasteiger partial charge in [-0.2, -0.15) is 5.10 Å². The summed E-state index contributed by atoms with van der Waals surface area (Å²) in [7, 11) is 0. The minimum Gasteiger partial charge on any atom is -0.327 e. The summed E-state index contributed by atoms with van der Waals surface area (Å²) in [6, 6.07) is 7.98. The van der Waals surface area contributed by atoms with Gasteiger partial charge < -0.3 is 5.73 Å². The number of aromatic amines is 1. The van der Waals surface area contributed by atoms with E-state index in [1.54, 1.807) is 0 Å². The molecule has 0 radical (unpaired) electrons. The van der Waals surface area contributed by atoms with Crippen LogP contribution in [0.2, 0.25) is 0 Å². The third-order valence-electron chi connectivity index (χ3n) is 1.91. The third-order valence-corrected chi connectivity index (χ3v) is 1.91. The molecule has 3 N–H and O–H groups in total. The number of rotatable bonds is 2. The second-order valence-corrected chi connectivity index (χ2v) is 2.79. The van der Waals surface area contributed by atoms with Crippen molar-refractivity contribution in [2.45, 2.75) is 0 Å². The second-order valence-electron chi connectivity index (χ2n) is 2.79. The van der Waals surface area contributed by atoms with E-state index in [1.807, 2.05) is 36.4 Å². The molecule has 0 aliphatic rings. The van der Waals surface area contributed by atoms with Crippen LogP contribution in [0.3, 0.4) is 0 Å². The molecule has 3 heteroatoms. The average molecular weight is 173 g/mol. The highest BCUT2D eigenvalue weighted by Gasteiger charge is 1.99. The lowest BCUT2D eigenvalue weighted by atomic mass is 10.2. The fourth-order valence-corrected chi connectivity index (χ4v) is 1.29. The van der Waals surface area contributed by atoms with Gasteiger partial charge >= 0.3 is 0 Å². The van der Waals surface area contributed by atoms with Crippen molar-refractivity contribution < 1.29 is 0 Å². The zero-order valence-electron chi connectivity index (χ0n) is 7.20. The van der Waals surface area contributed by atoms with Crippen LogP contribution < -0.4 is 5.73 Å². The van der Waals surface area contributed by atoms with Crippen molar-refractivity contribution >= 4 is 17.0 Å². The molecule has 0 unspecified atom stereocenters. The van der Waals surface area contributed by atoms with Gasteiger partial charge in [-0.3, -0.25) is 5.10 Å². The predicted molar refractivity (Wildman–Crippen MR) is 54.2 cm³/mol. The Labute approximate surface area is 76.3 Å². The Balaban J connectivity index is 2.52. The minimum absolute atomic E-state index is 0.549. The number of hydrogen-bond acceptors (Lipinski definition) is 2. The molecule has 3 nitrogen and oxygen atoms in total. The zero-order valence-corrected chi connectivity index (χ0v) is 7.20. The van der Waals surface area contributed by atoms with E-state index >= 15 is 0 Å². The van der Waals surface area contributed by atoms with Crippen molar-refractivity contribution in [3.05, 3.63) is 36.0 Å². The number of para-hydroxylation sites is 1. The van der Waals surface area contributed by atoms with Gasteiger partial charge in [0.15, 0.2) is 0 Å². The summed E-state index contributed by atoms with van der Waals surface area (Å²) >= 11 is 0. The second kappa shape index (κ2) is 3.41. The van der Waals surface area contributed by atoms with Gasteiger partial charge in [0.25, 0.3) is 0 Å². The standard InChI is InChI=1S/C10H11N3/c11-7-3-6-10-8-4-1-2-5-9(8)12-13-10/h1-6H,7,11H2,(H,12,13). The zero-order chi connectivity index (χ0) is 9.10. The van der Waals surface area contributed by atoms with Gasteiger partial charge in [-0.25, -0.2) is 0 Å². The van der Waals surface area contributed by atoms with E-state index in [2.05, 4.69) is 10.2 Å².